The maximum absolute atomic E-state index is 5.52. The second kappa shape index (κ2) is 7.97. The topological polar surface area (TPSA) is 21.3 Å². The molecule has 112 valence electrons. The number of nitrogens with one attached hydrogen (secondary N) is 1. The summed E-state index contributed by atoms with van der Waals surface area (Å²) in [5, 5.41) is 3.61. The molecule has 0 aromatic heterocycles. The van der Waals surface area contributed by atoms with Gasteiger partial charge in [-0.2, -0.15) is 0 Å². The molecular weight excluding hydrogens is 394 g/mol. The van der Waals surface area contributed by atoms with Crippen molar-refractivity contribution in [1.82, 2.24) is 5.32 Å². The third-order valence-corrected chi connectivity index (χ3v) is 4.18. The number of halogens is 2. The lowest BCUT2D eigenvalue weighted by Crippen LogP contribution is -2.23. The second-order valence-corrected chi connectivity index (χ2v) is 6.66. The minimum absolute atomic E-state index is 0.106. The van der Waals surface area contributed by atoms with Crippen molar-refractivity contribution >= 4 is 31.9 Å². The summed E-state index contributed by atoms with van der Waals surface area (Å²) in [5.74, 6) is 0.905. The van der Waals surface area contributed by atoms with Crippen LogP contribution < -0.4 is 10.1 Å². The van der Waals surface area contributed by atoms with Crippen molar-refractivity contribution in [2.45, 2.75) is 19.4 Å². The number of benzene rings is 2. The number of methoxy groups -OCH3 is 1. The van der Waals surface area contributed by atoms with Crippen molar-refractivity contribution in [3.8, 4) is 5.75 Å². The van der Waals surface area contributed by atoms with Crippen LogP contribution in [0.3, 0.4) is 0 Å². The van der Waals surface area contributed by atoms with Gasteiger partial charge in [-0.3, -0.25) is 0 Å². The monoisotopic (exact) mass is 411 g/mol. The second-order valence-electron chi connectivity index (χ2n) is 4.83. The Kier molecular flexibility index (Phi) is 6.27. The van der Waals surface area contributed by atoms with E-state index in [0.717, 1.165) is 33.2 Å². The van der Waals surface area contributed by atoms with E-state index in [4.69, 9.17) is 4.74 Å². The number of hydrogen-bond acceptors (Lipinski definition) is 2. The zero-order valence-corrected chi connectivity index (χ0v) is 15.4. The van der Waals surface area contributed by atoms with Crippen LogP contribution >= 0.6 is 31.9 Å². The molecule has 0 aliphatic rings. The lowest BCUT2D eigenvalue weighted by Gasteiger charge is -2.22. The molecule has 2 aromatic rings. The molecule has 0 aliphatic carbocycles. The first-order valence-corrected chi connectivity index (χ1v) is 8.56. The molecule has 1 N–H and O–H groups in total. The molecule has 2 nitrogen and oxygen atoms in total. The summed E-state index contributed by atoms with van der Waals surface area (Å²) in [5.41, 5.74) is 2.35. The lowest BCUT2D eigenvalue weighted by molar-refractivity contribution is 0.404. The maximum Gasteiger partial charge on any atom is 0.123 e. The Balaban J connectivity index is 2.46. The summed E-state index contributed by atoms with van der Waals surface area (Å²) in [4.78, 5) is 0. The van der Waals surface area contributed by atoms with Gasteiger partial charge in [0.05, 0.1) is 13.2 Å². The summed E-state index contributed by atoms with van der Waals surface area (Å²) in [7, 11) is 1.71. The van der Waals surface area contributed by atoms with Crippen LogP contribution in [0.15, 0.2) is 51.4 Å². The summed E-state index contributed by atoms with van der Waals surface area (Å²) >= 11 is 7.14. The average molecular weight is 413 g/mol. The molecule has 0 bridgehead atoms. The predicted octanol–water partition coefficient (Wildman–Crippen LogP) is 5.31. The summed E-state index contributed by atoms with van der Waals surface area (Å²) in [6, 6.07) is 14.6. The Morgan fingerprint density at radius 1 is 1.10 bits per heavy atom. The fourth-order valence-corrected chi connectivity index (χ4v) is 3.67. The van der Waals surface area contributed by atoms with Crippen LogP contribution in [-0.2, 0) is 0 Å². The molecule has 2 aromatic carbocycles. The SMILES string of the molecule is CCCNC(c1cc(Br)cc(Br)c1)c1ccccc1OC. The minimum atomic E-state index is 0.106. The standard InChI is InChI=1S/C17H19Br2NO/c1-3-8-20-17(12-9-13(18)11-14(19)10-12)15-6-4-5-7-16(15)21-2/h4-7,9-11,17,20H,3,8H2,1-2H3. The molecule has 0 saturated carbocycles. The molecule has 0 saturated heterocycles. The van der Waals surface area contributed by atoms with Gasteiger partial charge < -0.3 is 10.1 Å². The van der Waals surface area contributed by atoms with Gasteiger partial charge in [0.25, 0.3) is 0 Å². The number of rotatable bonds is 6. The molecule has 0 radical (unpaired) electrons. The fraction of sp³-hybridized carbons (Fsp3) is 0.294. The van der Waals surface area contributed by atoms with Gasteiger partial charge in [0.2, 0.25) is 0 Å². The van der Waals surface area contributed by atoms with E-state index in [1.54, 1.807) is 7.11 Å². The molecular formula is C17H19Br2NO. The molecule has 0 heterocycles. The van der Waals surface area contributed by atoms with Gasteiger partial charge in [-0.15, -0.1) is 0 Å². The number of ether oxygens (including phenoxy) is 1. The third kappa shape index (κ3) is 4.31. The van der Waals surface area contributed by atoms with Crippen LogP contribution in [0.5, 0.6) is 5.75 Å². The van der Waals surface area contributed by atoms with E-state index in [9.17, 15) is 0 Å². The van der Waals surface area contributed by atoms with Crippen molar-refractivity contribution in [2.24, 2.45) is 0 Å². The van der Waals surface area contributed by atoms with Crippen LogP contribution in [0.4, 0.5) is 0 Å². The maximum atomic E-state index is 5.52. The highest BCUT2D eigenvalue weighted by Crippen LogP contribution is 2.32. The van der Waals surface area contributed by atoms with Gasteiger partial charge in [-0.05, 0) is 42.8 Å². The third-order valence-electron chi connectivity index (χ3n) is 3.27. The van der Waals surface area contributed by atoms with Gasteiger partial charge in [-0.25, -0.2) is 0 Å². The van der Waals surface area contributed by atoms with Gasteiger partial charge in [-0.1, -0.05) is 57.0 Å². The van der Waals surface area contributed by atoms with Crippen LogP contribution in [-0.4, -0.2) is 13.7 Å². The highest BCUT2D eigenvalue weighted by atomic mass is 79.9. The van der Waals surface area contributed by atoms with Crippen molar-refractivity contribution < 1.29 is 4.74 Å². The van der Waals surface area contributed by atoms with Crippen LogP contribution in [0.1, 0.15) is 30.5 Å². The van der Waals surface area contributed by atoms with E-state index in [-0.39, 0.29) is 6.04 Å². The fourth-order valence-electron chi connectivity index (χ4n) is 2.34. The first-order chi connectivity index (χ1) is 10.2. The molecule has 1 atom stereocenters. The van der Waals surface area contributed by atoms with Crippen molar-refractivity contribution in [3.63, 3.8) is 0 Å². The van der Waals surface area contributed by atoms with E-state index < -0.39 is 0 Å². The molecule has 0 fully saturated rings. The molecule has 0 amide bonds. The minimum Gasteiger partial charge on any atom is -0.496 e. The highest BCUT2D eigenvalue weighted by molar-refractivity contribution is 9.11. The quantitative estimate of drug-likeness (QED) is 0.694. The van der Waals surface area contributed by atoms with Crippen LogP contribution in [0.2, 0.25) is 0 Å². The van der Waals surface area contributed by atoms with Gasteiger partial charge in [0, 0.05) is 14.5 Å². The average Bonchev–Trinajstić information content (AvgIpc) is 2.47. The molecule has 0 spiro atoms. The Morgan fingerprint density at radius 2 is 1.76 bits per heavy atom. The van der Waals surface area contributed by atoms with Gasteiger partial charge in [0.15, 0.2) is 0 Å². The van der Waals surface area contributed by atoms with Gasteiger partial charge in [0.1, 0.15) is 5.75 Å². The zero-order chi connectivity index (χ0) is 15.2. The van der Waals surface area contributed by atoms with Crippen molar-refractivity contribution in [3.05, 3.63) is 62.5 Å². The summed E-state index contributed by atoms with van der Waals surface area (Å²) in [6.45, 7) is 3.12. The zero-order valence-electron chi connectivity index (χ0n) is 12.2. The first-order valence-electron chi connectivity index (χ1n) is 6.98. The van der Waals surface area contributed by atoms with Crippen molar-refractivity contribution in [1.29, 1.82) is 0 Å². The van der Waals surface area contributed by atoms with E-state index >= 15 is 0 Å². The first kappa shape index (κ1) is 16.5. The largest absolute Gasteiger partial charge is 0.496 e. The molecule has 4 heteroatoms. The normalized spacial score (nSPS) is 12.2. The van der Waals surface area contributed by atoms with E-state index in [2.05, 4.69) is 62.3 Å². The number of hydrogen-bond donors (Lipinski definition) is 1. The van der Waals surface area contributed by atoms with Crippen molar-refractivity contribution in [2.75, 3.05) is 13.7 Å². The van der Waals surface area contributed by atoms with Crippen LogP contribution in [0, 0.1) is 0 Å². The molecule has 0 aliphatic heterocycles. The lowest BCUT2D eigenvalue weighted by atomic mass is 9.97. The van der Waals surface area contributed by atoms with E-state index in [1.807, 2.05) is 24.3 Å². The summed E-state index contributed by atoms with van der Waals surface area (Å²) < 4.78 is 7.65. The van der Waals surface area contributed by atoms with Crippen LogP contribution in [0.25, 0.3) is 0 Å². The Bertz CT molecular complexity index is 581. The van der Waals surface area contributed by atoms with Gasteiger partial charge >= 0.3 is 0 Å². The smallest absolute Gasteiger partial charge is 0.123 e. The summed E-state index contributed by atoms with van der Waals surface area (Å²) in [6.07, 6.45) is 1.08. The van der Waals surface area contributed by atoms with E-state index in [1.165, 1.54) is 5.56 Å². The molecule has 1 unspecified atom stereocenters. The Labute approximate surface area is 143 Å². The Hall–Kier alpha value is -0.840. The Morgan fingerprint density at radius 3 is 2.38 bits per heavy atom. The van der Waals surface area contributed by atoms with E-state index in [0.29, 0.717) is 0 Å². The predicted molar refractivity (Wildman–Crippen MR) is 95.0 cm³/mol. The highest BCUT2D eigenvalue weighted by Gasteiger charge is 2.18. The number of para-hydroxylation sites is 1. The molecule has 21 heavy (non-hydrogen) atoms. The molecule has 2 rings (SSSR count).